The molecule has 0 aliphatic heterocycles. The highest BCUT2D eigenvalue weighted by molar-refractivity contribution is 8.00. The molecular formula is C21H25N3S2. The zero-order chi connectivity index (χ0) is 18.7. The van der Waals surface area contributed by atoms with Crippen LogP contribution in [-0.4, -0.2) is 10.2 Å². The Labute approximate surface area is 164 Å². The molecule has 2 aromatic carbocycles. The number of thioether (sulfide) groups is 1. The predicted octanol–water partition coefficient (Wildman–Crippen LogP) is 6.49. The average Bonchev–Trinajstić information content (AvgIpc) is 3.01. The maximum absolute atomic E-state index is 4.31. The van der Waals surface area contributed by atoms with Crippen molar-refractivity contribution in [2.45, 2.75) is 50.1 Å². The van der Waals surface area contributed by atoms with Gasteiger partial charge in [-0.3, -0.25) is 0 Å². The van der Waals surface area contributed by atoms with E-state index in [1.54, 1.807) is 23.1 Å². The molecule has 3 aromatic rings. The van der Waals surface area contributed by atoms with Crippen LogP contribution < -0.4 is 5.32 Å². The van der Waals surface area contributed by atoms with Gasteiger partial charge in [0.15, 0.2) is 4.34 Å². The zero-order valence-electron chi connectivity index (χ0n) is 16.0. The molecule has 0 bridgehead atoms. The van der Waals surface area contributed by atoms with E-state index >= 15 is 0 Å². The fraction of sp³-hybridized carbons (Fsp3) is 0.333. The van der Waals surface area contributed by atoms with Crippen molar-refractivity contribution in [3.63, 3.8) is 0 Å². The summed E-state index contributed by atoms with van der Waals surface area (Å²) in [6.07, 6.45) is 0. The summed E-state index contributed by atoms with van der Waals surface area (Å²) in [4.78, 5) is 0. The number of aromatic nitrogens is 2. The second kappa shape index (κ2) is 7.80. The summed E-state index contributed by atoms with van der Waals surface area (Å²) in [5.74, 6) is 0.919. The molecular weight excluding hydrogens is 358 g/mol. The Balaban J connectivity index is 1.68. The second-order valence-electron chi connectivity index (χ2n) is 7.49. The van der Waals surface area contributed by atoms with Gasteiger partial charge in [-0.15, -0.1) is 10.2 Å². The number of hydrogen-bond acceptors (Lipinski definition) is 5. The average molecular weight is 384 g/mol. The largest absolute Gasteiger partial charge is 0.330 e. The van der Waals surface area contributed by atoms with E-state index in [4.69, 9.17) is 0 Å². The summed E-state index contributed by atoms with van der Waals surface area (Å²) in [7, 11) is 0. The fourth-order valence-corrected chi connectivity index (χ4v) is 4.72. The zero-order valence-corrected chi connectivity index (χ0v) is 17.6. The molecule has 1 N–H and O–H groups in total. The molecule has 3 nitrogen and oxygen atoms in total. The molecule has 136 valence electrons. The van der Waals surface area contributed by atoms with Crippen molar-refractivity contribution < 1.29 is 0 Å². The van der Waals surface area contributed by atoms with Crippen molar-refractivity contribution in [1.29, 1.82) is 0 Å². The number of rotatable bonds is 5. The number of hydrogen-bond donors (Lipinski definition) is 1. The highest BCUT2D eigenvalue weighted by Gasteiger charge is 2.16. The first-order chi connectivity index (χ1) is 12.3. The van der Waals surface area contributed by atoms with Crippen LogP contribution in [-0.2, 0) is 11.2 Å². The normalized spacial score (nSPS) is 11.6. The van der Waals surface area contributed by atoms with Gasteiger partial charge in [0.25, 0.3) is 0 Å². The summed E-state index contributed by atoms with van der Waals surface area (Å²) in [5, 5.41) is 12.7. The Morgan fingerprint density at radius 3 is 2.27 bits per heavy atom. The molecule has 0 aliphatic carbocycles. The second-order valence-corrected chi connectivity index (χ2v) is 9.69. The Kier molecular flexibility index (Phi) is 5.68. The molecule has 1 aromatic heterocycles. The summed E-state index contributed by atoms with van der Waals surface area (Å²) < 4.78 is 0.988. The molecule has 0 saturated heterocycles. The fourth-order valence-electron chi connectivity index (χ4n) is 2.75. The highest BCUT2D eigenvalue weighted by atomic mass is 32.2. The first kappa shape index (κ1) is 18.9. The van der Waals surface area contributed by atoms with Crippen molar-refractivity contribution in [2.75, 3.05) is 5.32 Å². The topological polar surface area (TPSA) is 37.8 Å². The standard InChI is InChI=1S/C21H25N3S2/c1-14-11-16(21(3,4)5)12-15(2)18(14)13-25-20-24-23-19(26-20)22-17-9-7-6-8-10-17/h6-12H,13H2,1-5H3,(H,22,23). The lowest BCUT2D eigenvalue weighted by Crippen LogP contribution is -2.12. The Morgan fingerprint density at radius 1 is 1.00 bits per heavy atom. The van der Waals surface area contributed by atoms with E-state index in [1.165, 1.54) is 22.3 Å². The molecule has 0 radical (unpaired) electrons. The van der Waals surface area contributed by atoms with E-state index in [0.717, 1.165) is 20.9 Å². The van der Waals surface area contributed by atoms with Crippen LogP contribution in [0.2, 0.25) is 0 Å². The number of aryl methyl sites for hydroxylation is 2. The van der Waals surface area contributed by atoms with Crippen molar-refractivity contribution in [3.05, 3.63) is 64.7 Å². The molecule has 0 atom stereocenters. The van der Waals surface area contributed by atoms with Crippen molar-refractivity contribution in [3.8, 4) is 0 Å². The Morgan fingerprint density at radius 2 is 1.65 bits per heavy atom. The number of anilines is 2. The smallest absolute Gasteiger partial charge is 0.210 e. The minimum absolute atomic E-state index is 0.179. The van der Waals surface area contributed by atoms with Crippen LogP contribution in [0.25, 0.3) is 0 Å². The van der Waals surface area contributed by atoms with Crippen molar-refractivity contribution >= 4 is 33.9 Å². The van der Waals surface area contributed by atoms with Gasteiger partial charge in [0, 0.05) is 11.4 Å². The third-order valence-electron chi connectivity index (χ3n) is 4.33. The maximum Gasteiger partial charge on any atom is 0.210 e. The summed E-state index contributed by atoms with van der Waals surface area (Å²) in [6, 6.07) is 14.7. The van der Waals surface area contributed by atoms with Gasteiger partial charge in [-0.05, 0) is 53.6 Å². The third kappa shape index (κ3) is 4.65. The number of nitrogens with one attached hydrogen (secondary N) is 1. The van der Waals surface area contributed by atoms with E-state index in [-0.39, 0.29) is 5.41 Å². The van der Waals surface area contributed by atoms with E-state index in [2.05, 4.69) is 62.3 Å². The Hall–Kier alpha value is -1.85. The van der Waals surface area contributed by atoms with Gasteiger partial charge < -0.3 is 5.32 Å². The molecule has 1 heterocycles. The monoisotopic (exact) mass is 383 g/mol. The number of nitrogens with zero attached hydrogens (tertiary/aromatic N) is 2. The van der Waals surface area contributed by atoms with Gasteiger partial charge in [-0.25, -0.2) is 0 Å². The summed E-state index contributed by atoms with van der Waals surface area (Å²) in [6.45, 7) is 11.2. The van der Waals surface area contributed by atoms with Crippen LogP contribution in [0.4, 0.5) is 10.8 Å². The molecule has 5 heteroatoms. The predicted molar refractivity (Wildman–Crippen MR) is 114 cm³/mol. The lowest BCUT2D eigenvalue weighted by molar-refractivity contribution is 0.589. The minimum atomic E-state index is 0.179. The lowest BCUT2D eigenvalue weighted by atomic mass is 9.84. The van der Waals surface area contributed by atoms with Crippen molar-refractivity contribution in [1.82, 2.24) is 10.2 Å². The van der Waals surface area contributed by atoms with Gasteiger partial charge in [0.1, 0.15) is 0 Å². The van der Waals surface area contributed by atoms with E-state index in [9.17, 15) is 0 Å². The molecule has 0 aliphatic rings. The molecule has 0 spiro atoms. The van der Waals surface area contributed by atoms with Crippen LogP contribution >= 0.6 is 23.1 Å². The van der Waals surface area contributed by atoms with Crippen LogP contribution in [0, 0.1) is 13.8 Å². The Bertz CT molecular complexity index is 857. The molecule has 3 rings (SSSR count). The number of para-hydroxylation sites is 1. The van der Waals surface area contributed by atoms with Gasteiger partial charge in [-0.2, -0.15) is 0 Å². The summed E-state index contributed by atoms with van der Waals surface area (Å²) >= 11 is 3.35. The first-order valence-electron chi connectivity index (χ1n) is 8.72. The van der Waals surface area contributed by atoms with Gasteiger partial charge in [-0.1, -0.05) is 74.2 Å². The van der Waals surface area contributed by atoms with Crippen LogP contribution in [0.5, 0.6) is 0 Å². The van der Waals surface area contributed by atoms with Gasteiger partial charge in [0.05, 0.1) is 0 Å². The first-order valence-corrected chi connectivity index (χ1v) is 10.5. The molecule has 0 amide bonds. The molecule has 0 unspecified atom stereocenters. The number of benzene rings is 2. The van der Waals surface area contributed by atoms with Gasteiger partial charge >= 0.3 is 0 Å². The summed E-state index contributed by atoms with van der Waals surface area (Å²) in [5.41, 5.74) is 6.72. The van der Waals surface area contributed by atoms with Crippen molar-refractivity contribution in [2.24, 2.45) is 0 Å². The minimum Gasteiger partial charge on any atom is -0.330 e. The van der Waals surface area contributed by atoms with E-state index < -0.39 is 0 Å². The highest BCUT2D eigenvalue weighted by Crippen LogP contribution is 2.33. The molecule has 26 heavy (non-hydrogen) atoms. The quantitative estimate of drug-likeness (QED) is 0.511. The lowest BCUT2D eigenvalue weighted by Gasteiger charge is -2.22. The van der Waals surface area contributed by atoms with E-state index in [0.29, 0.717) is 0 Å². The molecule has 0 saturated carbocycles. The van der Waals surface area contributed by atoms with Crippen LogP contribution in [0.1, 0.15) is 43.0 Å². The van der Waals surface area contributed by atoms with Crippen LogP contribution in [0.3, 0.4) is 0 Å². The molecule has 0 fully saturated rings. The van der Waals surface area contributed by atoms with E-state index in [1.807, 2.05) is 30.3 Å². The van der Waals surface area contributed by atoms with Gasteiger partial charge in [0.2, 0.25) is 5.13 Å². The third-order valence-corrected chi connectivity index (χ3v) is 6.33. The SMILES string of the molecule is Cc1cc(C(C)(C)C)cc(C)c1CSc1nnc(Nc2ccccc2)s1. The maximum atomic E-state index is 4.31. The van der Waals surface area contributed by atoms with Crippen LogP contribution in [0.15, 0.2) is 46.8 Å².